The number of fused-ring (bicyclic) bond motifs is 1. The van der Waals surface area contributed by atoms with Crippen molar-refractivity contribution in [3.05, 3.63) is 48.0 Å². The Balaban J connectivity index is 0.000000396. The number of hydrogen-bond acceptors (Lipinski definition) is 5. The number of methoxy groups -OCH3 is 1. The third kappa shape index (κ3) is 8.77. The van der Waals surface area contributed by atoms with Crippen LogP contribution in [0.2, 0.25) is 0 Å². The summed E-state index contributed by atoms with van der Waals surface area (Å²) >= 11 is 1.50. The van der Waals surface area contributed by atoms with Gasteiger partial charge in [-0.25, -0.2) is 4.98 Å². The SMILES string of the molecule is C#COC.CC(=O)Nc1nc2ccc(-c3cccc(C)c3)cc2s1.CCN(C)C. The number of hydrogen-bond donors (Lipinski definition) is 1. The molecule has 0 saturated heterocycles. The number of nitrogens with one attached hydrogen (secondary N) is 1. The molecule has 0 atom stereocenters. The van der Waals surface area contributed by atoms with Crippen molar-refractivity contribution in [2.24, 2.45) is 0 Å². The maximum absolute atomic E-state index is 11.1. The molecular weight excluding hydrogens is 382 g/mol. The number of aryl methyl sites for hydroxylation is 1. The van der Waals surface area contributed by atoms with Crippen LogP contribution in [0.15, 0.2) is 42.5 Å². The fourth-order valence-electron chi connectivity index (χ4n) is 2.13. The lowest BCUT2D eigenvalue weighted by atomic mass is 10.0. The molecule has 154 valence electrons. The largest absolute Gasteiger partial charge is 0.450 e. The summed E-state index contributed by atoms with van der Waals surface area (Å²) < 4.78 is 5.15. The second kappa shape index (κ2) is 12.6. The summed E-state index contributed by atoms with van der Waals surface area (Å²) in [5.74, 6) is -0.0945. The van der Waals surface area contributed by atoms with E-state index in [-0.39, 0.29) is 5.91 Å². The number of ether oxygens (including phenoxy) is 1. The molecule has 2 aromatic carbocycles. The summed E-state index contributed by atoms with van der Waals surface area (Å²) in [6.45, 7) is 6.84. The van der Waals surface area contributed by atoms with Crippen molar-refractivity contribution in [2.45, 2.75) is 20.8 Å². The van der Waals surface area contributed by atoms with Crippen LogP contribution in [0.1, 0.15) is 19.4 Å². The average Bonchev–Trinajstić information content (AvgIpc) is 3.09. The molecule has 1 N–H and O–H groups in total. The van der Waals surface area contributed by atoms with E-state index in [4.69, 9.17) is 0 Å². The van der Waals surface area contributed by atoms with Gasteiger partial charge in [0.15, 0.2) is 5.13 Å². The Kier molecular flexibility index (Phi) is 10.5. The molecule has 0 bridgehead atoms. The molecule has 0 radical (unpaired) electrons. The molecule has 5 nitrogen and oxygen atoms in total. The van der Waals surface area contributed by atoms with E-state index in [0.717, 1.165) is 16.8 Å². The van der Waals surface area contributed by atoms with Crippen molar-refractivity contribution >= 4 is 32.6 Å². The van der Waals surface area contributed by atoms with Gasteiger partial charge < -0.3 is 15.0 Å². The second-order valence-electron chi connectivity index (χ2n) is 6.47. The van der Waals surface area contributed by atoms with E-state index < -0.39 is 0 Å². The molecule has 0 aliphatic heterocycles. The normalized spacial score (nSPS) is 9.59. The van der Waals surface area contributed by atoms with Gasteiger partial charge in [-0.2, -0.15) is 0 Å². The number of amides is 1. The van der Waals surface area contributed by atoms with Crippen LogP contribution in [-0.4, -0.2) is 43.5 Å². The van der Waals surface area contributed by atoms with Gasteiger partial charge in [-0.15, -0.1) is 0 Å². The van der Waals surface area contributed by atoms with Gasteiger partial charge in [0.2, 0.25) is 5.91 Å². The molecule has 0 unspecified atom stereocenters. The number of nitrogens with zero attached hydrogens (tertiary/aromatic N) is 2. The number of terminal acetylenes is 1. The van der Waals surface area contributed by atoms with Gasteiger partial charge in [0.25, 0.3) is 0 Å². The maximum atomic E-state index is 11.1. The smallest absolute Gasteiger partial charge is 0.223 e. The highest BCUT2D eigenvalue weighted by molar-refractivity contribution is 7.22. The van der Waals surface area contributed by atoms with E-state index in [9.17, 15) is 4.79 Å². The van der Waals surface area contributed by atoms with Gasteiger partial charge in [-0.05, 0) is 50.8 Å². The average molecular weight is 412 g/mol. The molecule has 3 rings (SSSR count). The van der Waals surface area contributed by atoms with Gasteiger partial charge in [0.05, 0.1) is 17.3 Å². The molecule has 29 heavy (non-hydrogen) atoms. The number of rotatable bonds is 3. The molecular formula is C23H29N3O2S. The van der Waals surface area contributed by atoms with Crippen molar-refractivity contribution in [3.63, 3.8) is 0 Å². The predicted molar refractivity (Wildman–Crippen MR) is 124 cm³/mol. The van der Waals surface area contributed by atoms with E-state index in [1.807, 2.05) is 12.2 Å². The zero-order valence-corrected chi connectivity index (χ0v) is 18.8. The number of carbonyl (C=O) groups is 1. The van der Waals surface area contributed by atoms with Crippen LogP contribution < -0.4 is 5.32 Å². The molecule has 0 aliphatic rings. The minimum absolute atomic E-state index is 0.0945. The predicted octanol–water partition coefficient (Wildman–Crippen LogP) is 5.02. The lowest BCUT2D eigenvalue weighted by molar-refractivity contribution is -0.114. The zero-order chi connectivity index (χ0) is 21.8. The van der Waals surface area contributed by atoms with Crippen molar-refractivity contribution in [1.29, 1.82) is 0 Å². The van der Waals surface area contributed by atoms with Crippen LogP contribution in [-0.2, 0) is 9.53 Å². The van der Waals surface area contributed by atoms with Gasteiger partial charge in [-0.1, -0.05) is 60.6 Å². The first-order valence-corrected chi connectivity index (χ1v) is 10.0. The topological polar surface area (TPSA) is 54.5 Å². The zero-order valence-electron chi connectivity index (χ0n) is 17.9. The first-order chi connectivity index (χ1) is 13.8. The van der Waals surface area contributed by atoms with Crippen molar-refractivity contribution in [1.82, 2.24) is 9.88 Å². The Labute approximate surface area is 177 Å². The first kappa shape index (κ1) is 24.2. The maximum Gasteiger partial charge on any atom is 0.223 e. The number of benzene rings is 2. The van der Waals surface area contributed by atoms with Gasteiger partial charge in [-0.3, -0.25) is 4.79 Å². The minimum Gasteiger partial charge on any atom is -0.450 e. The molecule has 0 spiro atoms. The summed E-state index contributed by atoms with van der Waals surface area (Å²) in [5.41, 5.74) is 4.52. The summed E-state index contributed by atoms with van der Waals surface area (Å²) in [4.78, 5) is 17.6. The summed E-state index contributed by atoms with van der Waals surface area (Å²) in [7, 11) is 5.56. The van der Waals surface area contributed by atoms with Crippen molar-refractivity contribution < 1.29 is 9.53 Å². The number of anilines is 1. The Morgan fingerprint density at radius 2 is 1.86 bits per heavy atom. The second-order valence-corrected chi connectivity index (χ2v) is 7.50. The lowest BCUT2D eigenvalue weighted by Crippen LogP contribution is -2.08. The van der Waals surface area contributed by atoms with Crippen LogP contribution in [0.4, 0.5) is 5.13 Å². The van der Waals surface area contributed by atoms with E-state index in [2.05, 4.69) is 90.7 Å². The number of aromatic nitrogens is 1. The standard InChI is InChI=1S/C16H14N2OS.C4H11N.C3H4O/c1-10-4-3-5-12(8-10)13-6-7-14-15(9-13)20-16(18-14)17-11(2)19;1-4-5(2)3;1-3-4-2/h3-9H,1-2H3,(H,17,18,19);4H2,1-3H3;1H,2H3. The molecule has 1 aromatic heterocycles. The van der Waals surface area contributed by atoms with Crippen LogP contribution in [0.5, 0.6) is 0 Å². The molecule has 0 aliphatic carbocycles. The number of carbonyl (C=O) groups excluding carboxylic acids is 1. The summed E-state index contributed by atoms with van der Waals surface area (Å²) in [6, 6.07) is 14.6. The summed E-state index contributed by atoms with van der Waals surface area (Å²) in [5, 5.41) is 3.38. The monoisotopic (exact) mass is 411 g/mol. The van der Waals surface area contributed by atoms with E-state index in [0.29, 0.717) is 5.13 Å². The summed E-state index contributed by atoms with van der Waals surface area (Å²) in [6.07, 6.45) is 6.49. The highest BCUT2D eigenvalue weighted by Crippen LogP contribution is 2.30. The van der Waals surface area contributed by atoms with Gasteiger partial charge >= 0.3 is 0 Å². The molecule has 1 heterocycles. The minimum atomic E-state index is -0.0945. The molecule has 3 aromatic rings. The molecule has 0 fully saturated rings. The van der Waals surface area contributed by atoms with Crippen LogP contribution in [0.3, 0.4) is 0 Å². The highest BCUT2D eigenvalue weighted by Gasteiger charge is 2.07. The van der Waals surface area contributed by atoms with Gasteiger partial charge in [0, 0.05) is 6.92 Å². The van der Waals surface area contributed by atoms with E-state index in [1.165, 1.54) is 42.1 Å². The van der Waals surface area contributed by atoms with Crippen molar-refractivity contribution in [2.75, 3.05) is 33.1 Å². The van der Waals surface area contributed by atoms with Crippen LogP contribution >= 0.6 is 11.3 Å². The van der Waals surface area contributed by atoms with Crippen LogP contribution in [0.25, 0.3) is 21.3 Å². The molecule has 0 saturated carbocycles. The Bertz CT molecular complexity index is 958. The van der Waals surface area contributed by atoms with Gasteiger partial charge in [0.1, 0.15) is 6.11 Å². The quantitative estimate of drug-likeness (QED) is 0.615. The number of thiazole rings is 1. The third-order valence-electron chi connectivity index (χ3n) is 3.77. The highest BCUT2D eigenvalue weighted by atomic mass is 32.1. The fourth-order valence-corrected chi connectivity index (χ4v) is 3.08. The fraction of sp³-hybridized carbons (Fsp3) is 0.304. The first-order valence-electron chi connectivity index (χ1n) is 9.19. The Morgan fingerprint density at radius 1 is 1.24 bits per heavy atom. The Hall–Kier alpha value is -2.88. The molecule has 6 heteroatoms. The lowest BCUT2D eigenvalue weighted by Gasteiger charge is -2.02. The Morgan fingerprint density at radius 3 is 2.38 bits per heavy atom. The molecule has 1 amide bonds. The van der Waals surface area contributed by atoms with Crippen molar-refractivity contribution in [3.8, 4) is 23.7 Å². The van der Waals surface area contributed by atoms with Crippen LogP contribution in [0, 0.1) is 19.5 Å². The van der Waals surface area contributed by atoms with E-state index in [1.54, 1.807) is 0 Å². The van der Waals surface area contributed by atoms with E-state index >= 15 is 0 Å². The third-order valence-corrected chi connectivity index (χ3v) is 4.71.